The zero-order chi connectivity index (χ0) is 15.0. The molecular weight excluding hydrogens is 375 g/mol. The topological polar surface area (TPSA) is 44.9 Å². The van der Waals surface area contributed by atoms with Crippen molar-refractivity contribution in [1.82, 2.24) is 10.3 Å². The first-order valence-electron chi connectivity index (χ1n) is 6.72. The molecule has 1 amide bonds. The van der Waals surface area contributed by atoms with Crippen molar-refractivity contribution in [1.29, 1.82) is 0 Å². The standard InChI is InChI=1S/C17H15IN2O/c1-3-4-5-14-10(2)17-13(9-16(21)19-14)12-8-11(18)6-7-15(12)20-17/h3-8,20H,2,9H2,1H3,(H,19,21)/b4-3-,14-5+. The van der Waals surface area contributed by atoms with Gasteiger partial charge in [-0.2, -0.15) is 0 Å². The van der Waals surface area contributed by atoms with Gasteiger partial charge in [-0.1, -0.05) is 18.7 Å². The van der Waals surface area contributed by atoms with E-state index in [1.54, 1.807) is 0 Å². The Morgan fingerprint density at radius 1 is 1.38 bits per heavy atom. The number of allylic oxidation sites excluding steroid dienone is 4. The van der Waals surface area contributed by atoms with Crippen molar-refractivity contribution in [2.75, 3.05) is 0 Å². The van der Waals surface area contributed by atoms with E-state index >= 15 is 0 Å². The lowest BCUT2D eigenvalue weighted by Crippen LogP contribution is -2.22. The largest absolute Gasteiger partial charge is 0.354 e. The van der Waals surface area contributed by atoms with E-state index in [-0.39, 0.29) is 5.91 Å². The number of amides is 1. The fourth-order valence-electron chi connectivity index (χ4n) is 2.56. The molecule has 1 aliphatic heterocycles. The Bertz CT molecular complexity index is 812. The second-order valence-electron chi connectivity index (χ2n) is 4.98. The van der Waals surface area contributed by atoms with Crippen LogP contribution in [-0.4, -0.2) is 10.9 Å². The van der Waals surface area contributed by atoms with Crippen LogP contribution < -0.4 is 5.32 Å². The van der Waals surface area contributed by atoms with Crippen LogP contribution in [0.1, 0.15) is 18.2 Å². The predicted molar refractivity (Wildman–Crippen MR) is 94.8 cm³/mol. The van der Waals surface area contributed by atoms with Crippen molar-refractivity contribution in [3.05, 3.63) is 63.5 Å². The Kier molecular flexibility index (Phi) is 3.71. The second kappa shape index (κ2) is 5.52. The third kappa shape index (κ3) is 2.55. The molecule has 21 heavy (non-hydrogen) atoms. The molecule has 0 spiro atoms. The maximum absolute atomic E-state index is 12.2. The van der Waals surface area contributed by atoms with Gasteiger partial charge in [-0.15, -0.1) is 0 Å². The normalized spacial score (nSPS) is 17.3. The molecule has 3 nitrogen and oxygen atoms in total. The first-order chi connectivity index (χ1) is 10.1. The highest BCUT2D eigenvalue weighted by Crippen LogP contribution is 2.32. The summed E-state index contributed by atoms with van der Waals surface area (Å²) in [6.45, 7) is 6.09. The van der Waals surface area contributed by atoms with Crippen molar-refractivity contribution < 1.29 is 4.79 Å². The van der Waals surface area contributed by atoms with Crippen LogP contribution >= 0.6 is 22.6 Å². The predicted octanol–water partition coefficient (Wildman–Crippen LogP) is 3.92. The average Bonchev–Trinajstić information content (AvgIpc) is 2.75. The number of fused-ring (bicyclic) bond motifs is 3. The lowest BCUT2D eigenvalue weighted by molar-refractivity contribution is -0.119. The summed E-state index contributed by atoms with van der Waals surface area (Å²) in [6, 6.07) is 6.21. The van der Waals surface area contributed by atoms with Gasteiger partial charge in [0.25, 0.3) is 0 Å². The summed E-state index contributed by atoms with van der Waals surface area (Å²) in [5.74, 6) is -0.00888. The highest BCUT2D eigenvalue weighted by Gasteiger charge is 2.23. The molecule has 0 bridgehead atoms. The van der Waals surface area contributed by atoms with Crippen LogP contribution in [0.4, 0.5) is 0 Å². The van der Waals surface area contributed by atoms with Gasteiger partial charge in [0, 0.05) is 25.7 Å². The van der Waals surface area contributed by atoms with E-state index in [4.69, 9.17) is 0 Å². The van der Waals surface area contributed by atoms with Crippen LogP contribution in [0, 0.1) is 3.57 Å². The van der Waals surface area contributed by atoms with Gasteiger partial charge in [-0.3, -0.25) is 4.79 Å². The van der Waals surface area contributed by atoms with E-state index in [2.05, 4.69) is 51.6 Å². The van der Waals surface area contributed by atoms with E-state index in [1.165, 1.54) is 0 Å². The maximum Gasteiger partial charge on any atom is 0.228 e. The van der Waals surface area contributed by atoms with Crippen LogP contribution in [0.15, 0.2) is 48.7 Å². The molecule has 1 aliphatic rings. The summed E-state index contributed by atoms with van der Waals surface area (Å²) in [5, 5.41) is 4.02. The summed E-state index contributed by atoms with van der Waals surface area (Å²) in [6.07, 6.45) is 6.06. The van der Waals surface area contributed by atoms with Crippen LogP contribution in [0.25, 0.3) is 16.5 Å². The van der Waals surface area contributed by atoms with Gasteiger partial charge in [0.2, 0.25) is 5.91 Å². The molecule has 2 N–H and O–H groups in total. The molecular formula is C17H15IN2O. The molecule has 0 saturated heterocycles. The van der Waals surface area contributed by atoms with Crippen molar-refractivity contribution >= 4 is 45.0 Å². The minimum Gasteiger partial charge on any atom is -0.354 e. The molecule has 3 rings (SSSR count). The first-order valence-corrected chi connectivity index (χ1v) is 7.80. The summed E-state index contributed by atoms with van der Waals surface area (Å²) < 4.78 is 1.15. The Labute approximate surface area is 137 Å². The van der Waals surface area contributed by atoms with Crippen LogP contribution in [0.2, 0.25) is 0 Å². The van der Waals surface area contributed by atoms with E-state index < -0.39 is 0 Å². The SMILES string of the molecule is C=C1/C(=C\C=C/C)NC(=O)Cc2c1[nH]c1ccc(I)cc21. The van der Waals surface area contributed by atoms with Crippen molar-refractivity contribution in [3.8, 4) is 0 Å². The number of hydrogen-bond donors (Lipinski definition) is 2. The molecule has 106 valence electrons. The molecule has 0 aliphatic carbocycles. The summed E-state index contributed by atoms with van der Waals surface area (Å²) >= 11 is 2.29. The molecule has 0 atom stereocenters. The Balaban J connectivity index is 2.23. The Morgan fingerprint density at radius 2 is 2.19 bits per heavy atom. The van der Waals surface area contributed by atoms with Gasteiger partial charge in [0.1, 0.15) is 0 Å². The number of carbonyl (C=O) groups excluding carboxylic acids is 1. The number of hydrogen-bond acceptors (Lipinski definition) is 1. The fourth-order valence-corrected chi connectivity index (χ4v) is 3.05. The lowest BCUT2D eigenvalue weighted by atomic mass is 10.0. The molecule has 0 radical (unpaired) electrons. The number of aromatic nitrogens is 1. The van der Waals surface area contributed by atoms with Gasteiger partial charge in [0.15, 0.2) is 0 Å². The first kappa shape index (κ1) is 14.1. The minimum atomic E-state index is -0.00888. The number of halogens is 1. The Hall–Kier alpha value is -1.82. The van der Waals surface area contributed by atoms with Gasteiger partial charge in [0.05, 0.1) is 12.1 Å². The quantitative estimate of drug-likeness (QED) is 0.713. The van der Waals surface area contributed by atoms with E-state index in [9.17, 15) is 4.79 Å². The van der Waals surface area contributed by atoms with E-state index in [0.29, 0.717) is 6.42 Å². The van der Waals surface area contributed by atoms with Crippen LogP contribution in [0.3, 0.4) is 0 Å². The summed E-state index contributed by atoms with van der Waals surface area (Å²) in [4.78, 5) is 15.6. The molecule has 2 aromatic rings. The number of carbonyl (C=O) groups is 1. The third-order valence-electron chi connectivity index (χ3n) is 3.56. The molecule has 1 aromatic carbocycles. The molecule has 0 unspecified atom stereocenters. The van der Waals surface area contributed by atoms with Crippen LogP contribution in [0.5, 0.6) is 0 Å². The minimum absolute atomic E-state index is 0.00888. The average molecular weight is 390 g/mol. The van der Waals surface area contributed by atoms with E-state index in [1.807, 2.05) is 31.2 Å². The number of rotatable bonds is 1. The second-order valence-corrected chi connectivity index (χ2v) is 6.22. The fraction of sp³-hybridized carbons (Fsp3) is 0.118. The van der Waals surface area contributed by atoms with Crippen molar-refractivity contribution in [3.63, 3.8) is 0 Å². The molecule has 4 heteroatoms. The van der Waals surface area contributed by atoms with Gasteiger partial charge >= 0.3 is 0 Å². The zero-order valence-corrected chi connectivity index (χ0v) is 13.8. The molecule has 1 aromatic heterocycles. The van der Waals surface area contributed by atoms with Crippen LogP contribution in [-0.2, 0) is 11.2 Å². The molecule has 0 saturated carbocycles. The number of benzene rings is 1. The highest BCUT2D eigenvalue weighted by molar-refractivity contribution is 14.1. The third-order valence-corrected chi connectivity index (χ3v) is 4.23. The summed E-state index contributed by atoms with van der Waals surface area (Å²) in [7, 11) is 0. The number of nitrogens with one attached hydrogen (secondary N) is 2. The molecule has 2 heterocycles. The van der Waals surface area contributed by atoms with Crippen molar-refractivity contribution in [2.45, 2.75) is 13.3 Å². The monoisotopic (exact) mass is 390 g/mol. The smallest absolute Gasteiger partial charge is 0.228 e. The number of H-pyrrole nitrogens is 1. The number of aromatic amines is 1. The van der Waals surface area contributed by atoms with Gasteiger partial charge in [-0.05, 0) is 59.4 Å². The maximum atomic E-state index is 12.2. The highest BCUT2D eigenvalue weighted by atomic mass is 127. The Morgan fingerprint density at radius 3 is 2.95 bits per heavy atom. The zero-order valence-electron chi connectivity index (χ0n) is 11.7. The lowest BCUT2D eigenvalue weighted by Gasteiger charge is -2.07. The van der Waals surface area contributed by atoms with Gasteiger partial charge < -0.3 is 10.3 Å². The van der Waals surface area contributed by atoms with Crippen molar-refractivity contribution in [2.24, 2.45) is 0 Å². The summed E-state index contributed by atoms with van der Waals surface area (Å²) in [5.41, 5.74) is 4.58. The van der Waals surface area contributed by atoms with E-state index in [0.717, 1.165) is 37.0 Å². The molecule has 0 fully saturated rings. The van der Waals surface area contributed by atoms with Gasteiger partial charge in [-0.25, -0.2) is 0 Å².